The average Bonchev–Trinajstić information content (AvgIpc) is 2.88. The van der Waals surface area contributed by atoms with Crippen molar-refractivity contribution in [2.75, 3.05) is 5.32 Å². The minimum atomic E-state index is -0.530. The summed E-state index contributed by atoms with van der Waals surface area (Å²) in [6.45, 7) is 1.88. The highest BCUT2D eigenvalue weighted by Gasteiger charge is 2.13. The number of nitro benzene ring substituents is 1. The molecule has 98 valence electrons. The number of carbonyl (C=O) groups excluding carboxylic acids is 1. The Balaban J connectivity index is 2.14. The van der Waals surface area contributed by atoms with Crippen molar-refractivity contribution in [1.29, 1.82) is 0 Å². The number of hydrogen-bond donors (Lipinski definition) is 2. The number of aryl methyl sites for hydroxylation is 1. The number of H-pyrrole nitrogens is 1. The molecule has 1 aromatic carbocycles. The third-order valence-corrected chi connectivity index (χ3v) is 2.38. The number of nitrogens with one attached hydrogen (secondary N) is 2. The lowest BCUT2D eigenvalue weighted by Gasteiger charge is -2.01. The predicted octanol–water partition coefficient (Wildman–Crippen LogP) is 1.53. The number of carbonyl (C=O) groups is 1. The first-order valence-corrected chi connectivity index (χ1v) is 5.57. The van der Waals surface area contributed by atoms with Crippen LogP contribution in [-0.4, -0.2) is 26.0 Å². The second-order valence-electron chi connectivity index (χ2n) is 3.72. The topological polar surface area (TPSA) is 114 Å². The van der Waals surface area contributed by atoms with E-state index in [1.165, 1.54) is 18.2 Å². The van der Waals surface area contributed by atoms with Crippen LogP contribution in [0.2, 0.25) is 0 Å². The van der Waals surface area contributed by atoms with E-state index in [1.807, 2.05) is 6.92 Å². The Kier molecular flexibility index (Phi) is 3.51. The van der Waals surface area contributed by atoms with Crippen LogP contribution in [0.3, 0.4) is 0 Å². The molecule has 2 aromatic rings. The molecule has 19 heavy (non-hydrogen) atoms. The first-order valence-electron chi connectivity index (χ1n) is 5.57. The number of nitrogens with zero attached hydrogens (tertiary/aromatic N) is 3. The Bertz CT molecular complexity index is 622. The lowest BCUT2D eigenvalue weighted by atomic mass is 10.3. The molecule has 0 aliphatic rings. The molecule has 0 aliphatic heterocycles. The molecule has 2 N–H and O–H groups in total. The summed E-state index contributed by atoms with van der Waals surface area (Å²) in [6.07, 6.45) is 0.636. The van der Waals surface area contributed by atoms with Crippen LogP contribution in [-0.2, 0) is 6.42 Å². The number of rotatable bonds is 4. The van der Waals surface area contributed by atoms with Crippen molar-refractivity contribution >= 4 is 17.3 Å². The Labute approximate surface area is 108 Å². The van der Waals surface area contributed by atoms with Crippen LogP contribution in [0.25, 0.3) is 0 Å². The lowest BCUT2D eigenvalue weighted by Crippen LogP contribution is -2.13. The van der Waals surface area contributed by atoms with E-state index in [0.717, 1.165) is 0 Å². The largest absolute Gasteiger partial charge is 0.319 e. The molecule has 0 unspecified atom stereocenters. The van der Waals surface area contributed by atoms with Crippen LogP contribution in [0.4, 0.5) is 11.4 Å². The highest BCUT2D eigenvalue weighted by Crippen LogP contribution is 2.17. The van der Waals surface area contributed by atoms with E-state index >= 15 is 0 Å². The van der Waals surface area contributed by atoms with Crippen LogP contribution in [0, 0.1) is 10.1 Å². The van der Waals surface area contributed by atoms with E-state index in [4.69, 9.17) is 0 Å². The molecule has 0 atom stereocenters. The smallest absolute Gasteiger partial charge is 0.295 e. The molecule has 0 spiro atoms. The first kappa shape index (κ1) is 12.7. The molecule has 0 bridgehead atoms. The number of aromatic nitrogens is 3. The number of non-ortho nitro benzene ring substituents is 1. The van der Waals surface area contributed by atoms with Crippen molar-refractivity contribution in [2.45, 2.75) is 13.3 Å². The summed E-state index contributed by atoms with van der Waals surface area (Å²) < 4.78 is 0. The van der Waals surface area contributed by atoms with Crippen molar-refractivity contribution in [2.24, 2.45) is 0 Å². The van der Waals surface area contributed by atoms with Gasteiger partial charge in [0.2, 0.25) is 5.82 Å². The van der Waals surface area contributed by atoms with Crippen LogP contribution in [0.5, 0.6) is 0 Å². The zero-order valence-corrected chi connectivity index (χ0v) is 10.1. The van der Waals surface area contributed by atoms with Crippen molar-refractivity contribution in [3.63, 3.8) is 0 Å². The van der Waals surface area contributed by atoms with Crippen molar-refractivity contribution in [3.8, 4) is 0 Å². The number of aromatic amines is 1. The SMILES string of the molecule is CCc1nc(C(=O)Nc2cccc([N+](=O)[O-])c2)n[nH]1. The minimum Gasteiger partial charge on any atom is -0.319 e. The zero-order valence-electron chi connectivity index (χ0n) is 10.1. The van der Waals surface area contributed by atoms with Gasteiger partial charge in [0, 0.05) is 24.2 Å². The maximum absolute atomic E-state index is 11.8. The zero-order chi connectivity index (χ0) is 13.8. The summed E-state index contributed by atoms with van der Waals surface area (Å²) in [5.74, 6) is 0.0870. The highest BCUT2D eigenvalue weighted by atomic mass is 16.6. The molecule has 0 fully saturated rings. The van der Waals surface area contributed by atoms with Gasteiger partial charge < -0.3 is 5.32 Å². The fourth-order valence-electron chi connectivity index (χ4n) is 1.44. The van der Waals surface area contributed by atoms with Gasteiger partial charge >= 0.3 is 0 Å². The van der Waals surface area contributed by atoms with Gasteiger partial charge in [0.05, 0.1) is 4.92 Å². The number of benzene rings is 1. The fraction of sp³-hybridized carbons (Fsp3) is 0.182. The normalized spacial score (nSPS) is 10.2. The predicted molar refractivity (Wildman–Crippen MR) is 66.8 cm³/mol. The van der Waals surface area contributed by atoms with Crippen molar-refractivity contribution in [1.82, 2.24) is 15.2 Å². The standard InChI is InChI=1S/C11H11N5O3/c1-2-9-13-10(15-14-9)11(17)12-7-4-3-5-8(6-7)16(18)19/h3-6H,2H2,1H3,(H,12,17)(H,13,14,15). The van der Waals surface area contributed by atoms with E-state index < -0.39 is 10.8 Å². The molecule has 0 aliphatic carbocycles. The molecule has 1 aromatic heterocycles. The molecular weight excluding hydrogens is 250 g/mol. The number of hydrogen-bond acceptors (Lipinski definition) is 5. The fourth-order valence-corrected chi connectivity index (χ4v) is 1.44. The van der Waals surface area contributed by atoms with Gasteiger partial charge in [-0.25, -0.2) is 4.98 Å². The Morgan fingerprint density at radius 3 is 2.95 bits per heavy atom. The number of anilines is 1. The monoisotopic (exact) mass is 261 g/mol. The van der Waals surface area contributed by atoms with E-state index in [0.29, 0.717) is 17.9 Å². The van der Waals surface area contributed by atoms with E-state index in [-0.39, 0.29) is 11.5 Å². The average molecular weight is 261 g/mol. The van der Waals surface area contributed by atoms with Gasteiger partial charge in [0.15, 0.2) is 0 Å². The van der Waals surface area contributed by atoms with E-state index in [9.17, 15) is 14.9 Å². The molecule has 1 heterocycles. The van der Waals surface area contributed by atoms with Crippen LogP contribution >= 0.6 is 0 Å². The van der Waals surface area contributed by atoms with Gasteiger partial charge in [-0.05, 0) is 6.07 Å². The van der Waals surface area contributed by atoms with E-state index in [2.05, 4.69) is 20.5 Å². The maximum atomic E-state index is 11.8. The maximum Gasteiger partial charge on any atom is 0.295 e. The summed E-state index contributed by atoms with van der Waals surface area (Å²) >= 11 is 0. The Morgan fingerprint density at radius 2 is 2.32 bits per heavy atom. The third kappa shape index (κ3) is 2.92. The second-order valence-corrected chi connectivity index (χ2v) is 3.72. The van der Waals surface area contributed by atoms with Gasteiger partial charge in [-0.15, -0.1) is 5.10 Å². The molecule has 2 rings (SSSR count). The third-order valence-electron chi connectivity index (χ3n) is 2.38. The summed E-state index contributed by atoms with van der Waals surface area (Å²) in [6, 6.07) is 5.66. The minimum absolute atomic E-state index is 0.00311. The summed E-state index contributed by atoms with van der Waals surface area (Å²) in [4.78, 5) is 25.9. The van der Waals surface area contributed by atoms with Gasteiger partial charge in [-0.3, -0.25) is 20.0 Å². The summed E-state index contributed by atoms with van der Waals surface area (Å²) in [5, 5.41) is 19.5. The van der Waals surface area contributed by atoms with Crippen LogP contribution < -0.4 is 5.32 Å². The van der Waals surface area contributed by atoms with Crippen LogP contribution in [0.1, 0.15) is 23.4 Å². The summed E-state index contributed by atoms with van der Waals surface area (Å²) in [7, 11) is 0. The van der Waals surface area contributed by atoms with Crippen molar-refractivity contribution in [3.05, 3.63) is 46.0 Å². The van der Waals surface area contributed by atoms with Gasteiger partial charge in [0.25, 0.3) is 11.6 Å². The van der Waals surface area contributed by atoms with Gasteiger partial charge in [-0.2, -0.15) is 0 Å². The molecule has 8 heteroatoms. The van der Waals surface area contributed by atoms with Gasteiger partial charge in [-0.1, -0.05) is 13.0 Å². The van der Waals surface area contributed by atoms with Crippen LogP contribution in [0.15, 0.2) is 24.3 Å². The van der Waals surface area contributed by atoms with Gasteiger partial charge in [0.1, 0.15) is 5.82 Å². The molecule has 0 saturated heterocycles. The molecular formula is C11H11N5O3. The molecule has 0 radical (unpaired) electrons. The quantitative estimate of drug-likeness (QED) is 0.639. The molecule has 0 saturated carbocycles. The van der Waals surface area contributed by atoms with E-state index in [1.54, 1.807) is 6.07 Å². The molecule has 8 nitrogen and oxygen atoms in total. The second kappa shape index (κ2) is 5.25. The number of amides is 1. The number of nitro groups is 1. The first-order chi connectivity index (χ1) is 9.10. The lowest BCUT2D eigenvalue weighted by molar-refractivity contribution is -0.384. The molecule has 1 amide bonds. The van der Waals surface area contributed by atoms with Crippen molar-refractivity contribution < 1.29 is 9.72 Å². The Morgan fingerprint density at radius 1 is 1.53 bits per heavy atom. The summed E-state index contributed by atoms with van der Waals surface area (Å²) in [5.41, 5.74) is 0.226. The Hall–Kier alpha value is -2.77. The highest BCUT2D eigenvalue weighted by molar-refractivity contribution is 6.01.